The highest BCUT2D eigenvalue weighted by Gasteiger charge is 2.11. The molecule has 2 aromatic carbocycles. The zero-order valence-corrected chi connectivity index (χ0v) is 10.2. The molecule has 0 aromatic heterocycles. The average Bonchev–Trinajstić information content (AvgIpc) is 2.40. The number of benzene rings is 2. The number of ether oxygens (including phenoxy) is 1. The van der Waals surface area contributed by atoms with E-state index in [0.717, 1.165) is 5.56 Å². The van der Waals surface area contributed by atoms with Gasteiger partial charge < -0.3 is 4.74 Å². The van der Waals surface area contributed by atoms with Crippen molar-refractivity contribution in [2.75, 3.05) is 0 Å². The summed E-state index contributed by atoms with van der Waals surface area (Å²) in [5.74, 6) is -0.709. The molecule has 0 saturated carbocycles. The van der Waals surface area contributed by atoms with Crippen molar-refractivity contribution in [2.45, 2.75) is 6.61 Å². The molecule has 2 aromatic rings. The lowest BCUT2D eigenvalue weighted by Crippen LogP contribution is -1.99. The van der Waals surface area contributed by atoms with Crippen molar-refractivity contribution in [1.82, 2.24) is 0 Å². The predicted octanol–water partition coefficient (Wildman–Crippen LogP) is 3.87. The van der Waals surface area contributed by atoms with Gasteiger partial charge in [-0.05, 0) is 11.6 Å². The van der Waals surface area contributed by atoms with E-state index >= 15 is 0 Å². The van der Waals surface area contributed by atoms with Crippen LogP contribution in [0.3, 0.4) is 0 Å². The van der Waals surface area contributed by atoms with Crippen molar-refractivity contribution in [1.29, 1.82) is 0 Å². The molecule has 0 heterocycles. The third-order valence-corrected chi connectivity index (χ3v) is 2.61. The van der Waals surface area contributed by atoms with Crippen LogP contribution in [0.2, 0.25) is 5.02 Å². The van der Waals surface area contributed by atoms with Gasteiger partial charge in [0.25, 0.3) is 0 Å². The second kappa shape index (κ2) is 5.65. The minimum atomic E-state index is -0.690. The summed E-state index contributed by atoms with van der Waals surface area (Å²) in [5.41, 5.74) is 0.801. The number of rotatable bonds is 4. The van der Waals surface area contributed by atoms with Gasteiger partial charge in [0.05, 0.1) is 5.56 Å². The van der Waals surface area contributed by atoms with E-state index in [4.69, 9.17) is 16.3 Å². The van der Waals surface area contributed by atoms with E-state index < -0.39 is 5.82 Å². The van der Waals surface area contributed by atoms with Gasteiger partial charge in [0, 0.05) is 11.1 Å². The summed E-state index contributed by atoms with van der Waals surface area (Å²) in [6.07, 6.45) is 0.413. The Morgan fingerprint density at radius 2 is 1.94 bits per heavy atom. The molecule has 0 bridgehead atoms. The van der Waals surface area contributed by atoms with E-state index in [9.17, 15) is 9.18 Å². The maximum atomic E-state index is 13.7. The Hall–Kier alpha value is -1.87. The first-order chi connectivity index (χ1) is 8.70. The molecule has 0 aliphatic rings. The molecule has 2 nitrogen and oxygen atoms in total. The van der Waals surface area contributed by atoms with Crippen LogP contribution in [0.5, 0.6) is 5.75 Å². The molecule has 0 atom stereocenters. The normalized spacial score (nSPS) is 10.1. The molecule has 0 aliphatic carbocycles. The third kappa shape index (κ3) is 2.87. The molecule has 0 fully saturated rings. The molecule has 4 heteroatoms. The van der Waals surface area contributed by atoms with Gasteiger partial charge >= 0.3 is 0 Å². The summed E-state index contributed by atoms with van der Waals surface area (Å²) in [6, 6.07) is 12.0. The third-order valence-electron chi connectivity index (χ3n) is 2.40. The molecule has 0 unspecified atom stereocenters. The lowest BCUT2D eigenvalue weighted by atomic mass is 10.2. The van der Waals surface area contributed by atoms with Crippen molar-refractivity contribution in [3.63, 3.8) is 0 Å². The van der Waals surface area contributed by atoms with Crippen LogP contribution in [0.15, 0.2) is 42.5 Å². The zero-order valence-electron chi connectivity index (χ0n) is 9.40. The second-order valence-corrected chi connectivity index (χ2v) is 4.14. The first-order valence-corrected chi connectivity index (χ1v) is 5.69. The second-order valence-electron chi connectivity index (χ2n) is 3.70. The molecule has 92 valence electrons. The highest BCUT2D eigenvalue weighted by molar-refractivity contribution is 6.31. The highest BCUT2D eigenvalue weighted by Crippen LogP contribution is 2.25. The van der Waals surface area contributed by atoms with Crippen LogP contribution in [0.4, 0.5) is 4.39 Å². The Bertz CT molecular complexity index is 555. The van der Waals surface area contributed by atoms with E-state index in [-0.39, 0.29) is 22.9 Å². The predicted molar refractivity (Wildman–Crippen MR) is 67.6 cm³/mol. The van der Waals surface area contributed by atoms with Crippen molar-refractivity contribution < 1.29 is 13.9 Å². The molecule has 0 N–H and O–H groups in total. The van der Waals surface area contributed by atoms with Gasteiger partial charge in [-0.25, -0.2) is 4.39 Å². The monoisotopic (exact) mass is 264 g/mol. The van der Waals surface area contributed by atoms with Gasteiger partial charge in [-0.3, -0.25) is 4.79 Å². The topological polar surface area (TPSA) is 26.3 Å². The smallest absolute Gasteiger partial charge is 0.175 e. The van der Waals surface area contributed by atoms with E-state index in [1.54, 1.807) is 0 Å². The lowest BCUT2D eigenvalue weighted by molar-refractivity contribution is 0.111. The van der Waals surface area contributed by atoms with Gasteiger partial charge in [-0.1, -0.05) is 41.9 Å². The van der Waals surface area contributed by atoms with E-state index in [2.05, 4.69) is 0 Å². The van der Waals surface area contributed by atoms with Crippen molar-refractivity contribution in [3.8, 4) is 5.75 Å². The molecule has 0 aliphatic heterocycles. The number of aldehydes is 1. The van der Waals surface area contributed by atoms with Gasteiger partial charge in [-0.15, -0.1) is 0 Å². The Labute approximate surface area is 109 Å². The fraction of sp³-hybridized carbons (Fsp3) is 0.0714. The minimum Gasteiger partial charge on any atom is -0.486 e. The molecular formula is C14H10ClFO2. The summed E-state index contributed by atoms with van der Waals surface area (Å²) in [6.45, 7) is 0.219. The summed E-state index contributed by atoms with van der Waals surface area (Å²) < 4.78 is 19.1. The molecule has 18 heavy (non-hydrogen) atoms. The molecular weight excluding hydrogens is 255 g/mol. The Balaban J connectivity index is 2.19. The number of carbonyl (C=O) groups excluding carboxylic acids is 1. The first kappa shape index (κ1) is 12.6. The SMILES string of the molecule is O=Cc1cc(Cl)cc(OCc2ccccc2)c1F. The van der Waals surface area contributed by atoms with Crippen molar-refractivity contribution in [3.05, 3.63) is 64.4 Å². The maximum Gasteiger partial charge on any atom is 0.175 e. The molecule has 0 saturated heterocycles. The highest BCUT2D eigenvalue weighted by atomic mass is 35.5. The van der Waals surface area contributed by atoms with Gasteiger partial charge in [-0.2, -0.15) is 0 Å². The van der Waals surface area contributed by atoms with E-state index in [0.29, 0.717) is 6.29 Å². The summed E-state index contributed by atoms with van der Waals surface area (Å²) in [5, 5.41) is 0.265. The molecule has 0 spiro atoms. The molecule has 0 radical (unpaired) electrons. The van der Waals surface area contributed by atoms with E-state index in [1.165, 1.54) is 12.1 Å². The van der Waals surface area contributed by atoms with Crippen LogP contribution in [0, 0.1) is 5.82 Å². The van der Waals surface area contributed by atoms with Gasteiger partial charge in [0.1, 0.15) is 6.61 Å². The number of halogens is 2. The zero-order chi connectivity index (χ0) is 13.0. The number of hydrogen-bond donors (Lipinski definition) is 0. The average molecular weight is 265 g/mol. The van der Waals surface area contributed by atoms with E-state index in [1.807, 2.05) is 30.3 Å². The van der Waals surface area contributed by atoms with Crippen molar-refractivity contribution in [2.24, 2.45) is 0 Å². The van der Waals surface area contributed by atoms with Crippen molar-refractivity contribution >= 4 is 17.9 Å². The first-order valence-electron chi connectivity index (χ1n) is 5.31. The van der Waals surface area contributed by atoms with Gasteiger partial charge in [0.2, 0.25) is 0 Å². The van der Waals surface area contributed by atoms with Crippen LogP contribution >= 0.6 is 11.6 Å². The summed E-state index contributed by atoms with van der Waals surface area (Å²) >= 11 is 5.78. The fourth-order valence-corrected chi connectivity index (χ4v) is 1.73. The van der Waals surface area contributed by atoms with Crippen LogP contribution in [-0.4, -0.2) is 6.29 Å². The number of hydrogen-bond acceptors (Lipinski definition) is 2. The fourth-order valence-electron chi connectivity index (χ4n) is 1.51. The van der Waals surface area contributed by atoms with Crippen LogP contribution < -0.4 is 4.74 Å². The van der Waals surface area contributed by atoms with Crippen LogP contribution in [0.25, 0.3) is 0 Å². The Morgan fingerprint density at radius 3 is 2.61 bits per heavy atom. The Morgan fingerprint density at radius 1 is 1.22 bits per heavy atom. The number of carbonyl (C=O) groups is 1. The summed E-state index contributed by atoms with van der Waals surface area (Å²) in [4.78, 5) is 10.7. The lowest BCUT2D eigenvalue weighted by Gasteiger charge is -2.09. The standard InChI is InChI=1S/C14H10ClFO2/c15-12-6-11(8-17)14(16)13(7-12)18-9-10-4-2-1-3-5-10/h1-8H,9H2. The quantitative estimate of drug-likeness (QED) is 0.784. The van der Waals surface area contributed by atoms with Crippen LogP contribution in [0.1, 0.15) is 15.9 Å². The minimum absolute atomic E-state index is 0.0200. The molecule has 0 amide bonds. The van der Waals surface area contributed by atoms with Gasteiger partial charge in [0.15, 0.2) is 17.9 Å². The molecule has 2 rings (SSSR count). The largest absolute Gasteiger partial charge is 0.486 e. The Kier molecular flexibility index (Phi) is 3.95. The maximum absolute atomic E-state index is 13.7. The summed E-state index contributed by atoms with van der Waals surface area (Å²) in [7, 11) is 0. The van der Waals surface area contributed by atoms with Crippen LogP contribution in [-0.2, 0) is 6.61 Å².